The fourth-order valence-electron chi connectivity index (χ4n) is 3.69. The molecule has 0 radical (unpaired) electrons. The van der Waals surface area contributed by atoms with Crippen LogP contribution in [0.25, 0.3) is 10.2 Å². The van der Waals surface area contributed by atoms with Gasteiger partial charge in [0.15, 0.2) is 0 Å². The number of likely N-dealkylation sites (tertiary alicyclic amines) is 1. The second kappa shape index (κ2) is 7.35. The number of fused-ring (bicyclic) bond motifs is 1. The number of benzene rings is 2. The Kier molecular flexibility index (Phi) is 4.94. The van der Waals surface area contributed by atoms with Gasteiger partial charge in [0.1, 0.15) is 11.0 Å². The molecule has 1 saturated heterocycles. The first kappa shape index (κ1) is 17.5. The van der Waals surface area contributed by atoms with Gasteiger partial charge in [-0.15, -0.1) is 11.3 Å². The number of aromatic nitrogens is 1. The molecule has 1 fully saturated rings. The Hall–Kier alpha value is -1.95. The molecule has 0 spiro atoms. The summed E-state index contributed by atoms with van der Waals surface area (Å²) in [4.78, 5) is 18.8. The number of para-hydroxylation sites is 1. The lowest BCUT2D eigenvalue weighted by Gasteiger charge is -2.38. The third-order valence-corrected chi connectivity index (χ3v) is 6.34. The molecule has 2 atom stereocenters. The SMILES string of the molecule is O=C(O)C1CCCCN1C(c1nc2ccccc2s1)c1ccccc1Cl. The van der Waals surface area contributed by atoms with Crippen LogP contribution in [0.3, 0.4) is 0 Å². The predicted molar refractivity (Wildman–Crippen MR) is 105 cm³/mol. The van der Waals surface area contributed by atoms with Gasteiger partial charge in [0.05, 0.1) is 16.3 Å². The highest BCUT2D eigenvalue weighted by Crippen LogP contribution is 2.40. The summed E-state index contributed by atoms with van der Waals surface area (Å²) in [5.74, 6) is -0.775. The summed E-state index contributed by atoms with van der Waals surface area (Å²) < 4.78 is 1.10. The lowest BCUT2D eigenvalue weighted by Crippen LogP contribution is -2.46. The number of piperidine rings is 1. The van der Waals surface area contributed by atoms with E-state index >= 15 is 0 Å². The van der Waals surface area contributed by atoms with Crippen LogP contribution in [0.4, 0.5) is 0 Å². The molecule has 2 unspecified atom stereocenters. The minimum Gasteiger partial charge on any atom is -0.480 e. The maximum Gasteiger partial charge on any atom is 0.320 e. The maximum absolute atomic E-state index is 11.9. The van der Waals surface area contributed by atoms with Gasteiger partial charge in [0, 0.05) is 11.6 Å². The van der Waals surface area contributed by atoms with Crippen LogP contribution in [0, 0.1) is 0 Å². The molecule has 0 saturated carbocycles. The molecule has 26 heavy (non-hydrogen) atoms. The van der Waals surface area contributed by atoms with Crippen molar-refractivity contribution in [2.24, 2.45) is 0 Å². The second-order valence-corrected chi connectivity index (χ2v) is 8.00. The van der Waals surface area contributed by atoms with Crippen LogP contribution >= 0.6 is 22.9 Å². The minimum absolute atomic E-state index is 0.248. The maximum atomic E-state index is 11.9. The standard InChI is InChI=1S/C20H19ClN2O2S/c21-14-8-2-1-7-13(14)18(23-12-6-5-10-16(23)20(24)25)19-22-15-9-3-4-11-17(15)26-19/h1-4,7-9,11,16,18H,5-6,10,12H2,(H,24,25). The number of rotatable bonds is 4. The van der Waals surface area contributed by atoms with Crippen LogP contribution in [-0.2, 0) is 4.79 Å². The smallest absolute Gasteiger partial charge is 0.320 e. The first-order valence-electron chi connectivity index (χ1n) is 8.73. The monoisotopic (exact) mass is 386 g/mol. The van der Waals surface area contributed by atoms with Crippen molar-refractivity contribution in [2.75, 3.05) is 6.54 Å². The fourth-order valence-corrected chi connectivity index (χ4v) is 5.03. The molecule has 1 aliphatic heterocycles. The van der Waals surface area contributed by atoms with Gasteiger partial charge < -0.3 is 5.11 Å². The van der Waals surface area contributed by atoms with Gasteiger partial charge in [0.2, 0.25) is 0 Å². The van der Waals surface area contributed by atoms with Gasteiger partial charge in [-0.3, -0.25) is 9.69 Å². The number of hydrogen-bond acceptors (Lipinski definition) is 4. The van der Waals surface area contributed by atoms with Crippen molar-refractivity contribution in [1.29, 1.82) is 0 Å². The molecule has 2 heterocycles. The van der Waals surface area contributed by atoms with Gasteiger partial charge in [-0.2, -0.15) is 0 Å². The van der Waals surface area contributed by atoms with Crippen molar-refractivity contribution in [3.8, 4) is 0 Å². The van der Waals surface area contributed by atoms with Gasteiger partial charge in [0.25, 0.3) is 0 Å². The van der Waals surface area contributed by atoms with E-state index in [1.807, 2.05) is 48.5 Å². The first-order valence-corrected chi connectivity index (χ1v) is 9.93. The number of carboxylic acid groups (broad SMARTS) is 1. The van der Waals surface area contributed by atoms with E-state index in [0.29, 0.717) is 11.4 Å². The van der Waals surface area contributed by atoms with Crippen LogP contribution in [-0.4, -0.2) is 33.5 Å². The topological polar surface area (TPSA) is 53.4 Å². The van der Waals surface area contributed by atoms with Crippen LogP contribution in [0.2, 0.25) is 5.02 Å². The molecule has 4 nitrogen and oxygen atoms in total. The highest BCUT2D eigenvalue weighted by molar-refractivity contribution is 7.18. The van der Waals surface area contributed by atoms with E-state index in [4.69, 9.17) is 16.6 Å². The summed E-state index contributed by atoms with van der Waals surface area (Å²) in [6, 6.07) is 14.9. The molecular weight excluding hydrogens is 368 g/mol. The summed E-state index contributed by atoms with van der Waals surface area (Å²) in [6.07, 6.45) is 2.57. The largest absolute Gasteiger partial charge is 0.480 e. The zero-order chi connectivity index (χ0) is 18.1. The zero-order valence-corrected chi connectivity index (χ0v) is 15.7. The average Bonchev–Trinajstić information content (AvgIpc) is 3.07. The van der Waals surface area contributed by atoms with Gasteiger partial charge in [-0.25, -0.2) is 4.98 Å². The average molecular weight is 387 g/mol. The Morgan fingerprint density at radius 3 is 2.73 bits per heavy atom. The normalized spacial score (nSPS) is 19.5. The van der Waals surface area contributed by atoms with Crippen molar-refractivity contribution in [2.45, 2.75) is 31.3 Å². The highest BCUT2D eigenvalue weighted by Gasteiger charge is 2.37. The Balaban J connectivity index is 1.86. The molecule has 3 aromatic rings. The predicted octanol–water partition coefficient (Wildman–Crippen LogP) is 4.98. The third kappa shape index (κ3) is 3.22. The molecule has 1 N–H and O–H groups in total. The Bertz CT molecular complexity index is 909. The number of carbonyl (C=O) groups is 1. The molecule has 1 aromatic heterocycles. The Labute approximate surface area is 161 Å². The van der Waals surface area contributed by atoms with Crippen molar-refractivity contribution < 1.29 is 9.90 Å². The summed E-state index contributed by atoms with van der Waals surface area (Å²) in [5, 5.41) is 11.3. The first-order chi connectivity index (χ1) is 12.6. The van der Waals surface area contributed by atoms with Crippen molar-refractivity contribution in [3.63, 3.8) is 0 Å². The summed E-state index contributed by atoms with van der Waals surface area (Å²) in [5.41, 5.74) is 1.86. The van der Waals surface area contributed by atoms with Crippen LogP contribution in [0.1, 0.15) is 35.9 Å². The molecule has 0 aliphatic carbocycles. The van der Waals surface area contributed by atoms with E-state index < -0.39 is 12.0 Å². The quantitative estimate of drug-likeness (QED) is 0.687. The molecule has 2 aromatic carbocycles. The van der Waals surface area contributed by atoms with Gasteiger partial charge >= 0.3 is 5.97 Å². The van der Waals surface area contributed by atoms with E-state index in [-0.39, 0.29) is 6.04 Å². The van der Waals surface area contributed by atoms with E-state index in [0.717, 1.165) is 40.2 Å². The van der Waals surface area contributed by atoms with E-state index in [1.54, 1.807) is 11.3 Å². The van der Waals surface area contributed by atoms with Gasteiger partial charge in [-0.1, -0.05) is 48.4 Å². The molecule has 0 amide bonds. The number of thiazole rings is 1. The molecule has 6 heteroatoms. The number of hydrogen-bond donors (Lipinski definition) is 1. The van der Waals surface area contributed by atoms with Crippen LogP contribution in [0.5, 0.6) is 0 Å². The minimum atomic E-state index is -0.775. The zero-order valence-electron chi connectivity index (χ0n) is 14.1. The number of aliphatic carboxylic acids is 1. The number of nitrogens with zero attached hydrogens (tertiary/aromatic N) is 2. The number of carboxylic acids is 1. The lowest BCUT2D eigenvalue weighted by atomic mass is 9.96. The summed E-state index contributed by atoms with van der Waals surface area (Å²) in [7, 11) is 0. The van der Waals surface area contributed by atoms with Crippen molar-refractivity contribution >= 4 is 39.1 Å². The van der Waals surface area contributed by atoms with E-state index in [9.17, 15) is 9.90 Å². The summed E-state index contributed by atoms with van der Waals surface area (Å²) >= 11 is 8.13. The van der Waals surface area contributed by atoms with E-state index in [1.165, 1.54) is 0 Å². The van der Waals surface area contributed by atoms with Gasteiger partial charge in [-0.05, 0) is 36.6 Å². The van der Waals surface area contributed by atoms with Crippen molar-refractivity contribution in [1.82, 2.24) is 9.88 Å². The third-order valence-electron chi connectivity index (χ3n) is 4.91. The second-order valence-electron chi connectivity index (χ2n) is 6.53. The molecular formula is C20H19ClN2O2S. The molecule has 0 bridgehead atoms. The van der Waals surface area contributed by atoms with Crippen molar-refractivity contribution in [3.05, 3.63) is 64.1 Å². The van der Waals surface area contributed by atoms with Crippen LogP contribution in [0.15, 0.2) is 48.5 Å². The molecule has 1 aliphatic rings. The van der Waals surface area contributed by atoms with E-state index in [2.05, 4.69) is 4.90 Å². The highest BCUT2D eigenvalue weighted by atomic mass is 35.5. The fraction of sp³-hybridized carbons (Fsp3) is 0.300. The Morgan fingerprint density at radius 1 is 1.19 bits per heavy atom. The Morgan fingerprint density at radius 2 is 1.96 bits per heavy atom. The van der Waals surface area contributed by atoms with Crippen LogP contribution < -0.4 is 0 Å². The summed E-state index contributed by atoms with van der Waals surface area (Å²) in [6.45, 7) is 0.725. The molecule has 134 valence electrons. The number of halogens is 1. The lowest BCUT2D eigenvalue weighted by molar-refractivity contribution is -0.145. The molecule has 4 rings (SSSR count).